The number of methoxy groups -OCH3 is 1. The van der Waals surface area contributed by atoms with Gasteiger partial charge in [-0.2, -0.15) is 0 Å². The van der Waals surface area contributed by atoms with Crippen LogP contribution in [0.4, 0.5) is 5.69 Å². The molecule has 2 amide bonds. The van der Waals surface area contributed by atoms with Gasteiger partial charge in [-0.05, 0) is 24.0 Å². The molecule has 2 aromatic rings. The number of hydrogen-bond acceptors (Lipinski definition) is 7. The van der Waals surface area contributed by atoms with Crippen molar-refractivity contribution in [1.82, 2.24) is 15.1 Å². The summed E-state index contributed by atoms with van der Waals surface area (Å²) in [6, 6.07) is 15.9. The first-order chi connectivity index (χ1) is 16.9. The molecule has 0 aliphatic carbocycles. The zero-order valence-electron chi connectivity index (χ0n) is 20.0. The summed E-state index contributed by atoms with van der Waals surface area (Å²) in [6.07, 6.45) is 1.27. The molecule has 0 spiro atoms. The van der Waals surface area contributed by atoms with Crippen molar-refractivity contribution in [3.05, 3.63) is 75.8 Å². The lowest BCUT2D eigenvalue weighted by molar-refractivity contribution is -0.384. The maximum absolute atomic E-state index is 12.8. The number of nitrogens with one attached hydrogen (secondary N) is 1. The lowest BCUT2D eigenvalue weighted by Crippen LogP contribution is -2.48. The fourth-order valence-electron chi connectivity index (χ4n) is 4.39. The first-order valence-electron chi connectivity index (χ1n) is 11.7. The van der Waals surface area contributed by atoms with E-state index in [9.17, 15) is 19.7 Å². The Morgan fingerprint density at radius 3 is 2.51 bits per heavy atom. The van der Waals surface area contributed by atoms with Gasteiger partial charge in [0.15, 0.2) is 0 Å². The average Bonchev–Trinajstić information content (AvgIpc) is 3.32. The second-order valence-corrected chi connectivity index (χ2v) is 8.59. The van der Waals surface area contributed by atoms with Gasteiger partial charge in [0, 0.05) is 58.0 Å². The number of ether oxygens (including phenoxy) is 1. The van der Waals surface area contributed by atoms with Crippen LogP contribution in [0.1, 0.15) is 17.5 Å². The highest BCUT2D eigenvalue weighted by atomic mass is 16.6. The Labute approximate surface area is 205 Å². The maximum atomic E-state index is 12.8. The number of non-ortho nitro benzene ring substituents is 1. The van der Waals surface area contributed by atoms with Crippen LogP contribution in [0.15, 0.2) is 54.6 Å². The lowest BCUT2D eigenvalue weighted by atomic mass is 10.1. The van der Waals surface area contributed by atoms with E-state index in [0.717, 1.165) is 12.0 Å². The van der Waals surface area contributed by atoms with Crippen molar-refractivity contribution >= 4 is 17.5 Å². The van der Waals surface area contributed by atoms with Gasteiger partial charge in [-0.15, -0.1) is 0 Å². The number of rotatable bonds is 12. The fraction of sp³-hybridized carbons (Fsp3) is 0.440. The van der Waals surface area contributed by atoms with E-state index in [-0.39, 0.29) is 30.2 Å². The standard InChI is InChI=1S/C25H33N5O5/c1-35-18-24(31)29-17-22(15-23(29)25(32)27-13-12-26)28(14-11-19-5-3-2-4-6-19)16-20-7-9-21(10-8-20)30(33)34/h2-10,22-23H,11-18,26H2,1H3,(H,27,32). The van der Waals surface area contributed by atoms with Crippen LogP contribution < -0.4 is 11.1 Å². The number of likely N-dealkylation sites (tertiary alicyclic amines) is 1. The Balaban J connectivity index is 1.81. The smallest absolute Gasteiger partial charge is 0.269 e. The van der Waals surface area contributed by atoms with E-state index in [1.165, 1.54) is 24.8 Å². The van der Waals surface area contributed by atoms with Crippen LogP contribution in [0.25, 0.3) is 0 Å². The molecule has 3 N–H and O–H groups in total. The van der Waals surface area contributed by atoms with E-state index < -0.39 is 11.0 Å². The number of nitrogens with zero attached hydrogens (tertiary/aromatic N) is 3. The van der Waals surface area contributed by atoms with Gasteiger partial charge in [0.25, 0.3) is 5.69 Å². The number of hydrogen-bond donors (Lipinski definition) is 2. The maximum Gasteiger partial charge on any atom is 0.269 e. The molecule has 1 heterocycles. The molecule has 188 valence electrons. The third-order valence-corrected chi connectivity index (χ3v) is 6.19. The summed E-state index contributed by atoms with van der Waals surface area (Å²) in [7, 11) is 1.45. The van der Waals surface area contributed by atoms with Crippen LogP contribution in [-0.2, 0) is 27.3 Å². The summed E-state index contributed by atoms with van der Waals surface area (Å²) < 4.78 is 5.04. The highest BCUT2D eigenvalue weighted by Gasteiger charge is 2.41. The predicted octanol–water partition coefficient (Wildman–Crippen LogP) is 1.33. The van der Waals surface area contributed by atoms with E-state index in [1.807, 2.05) is 18.2 Å². The molecule has 3 rings (SSSR count). The van der Waals surface area contributed by atoms with Gasteiger partial charge in [0.2, 0.25) is 11.8 Å². The van der Waals surface area contributed by atoms with E-state index >= 15 is 0 Å². The summed E-state index contributed by atoms with van der Waals surface area (Å²) in [6.45, 7) is 2.20. The summed E-state index contributed by atoms with van der Waals surface area (Å²) in [5.41, 5.74) is 7.69. The van der Waals surface area contributed by atoms with Crippen molar-refractivity contribution < 1.29 is 19.2 Å². The summed E-state index contributed by atoms with van der Waals surface area (Å²) in [5.74, 6) is -0.456. The van der Waals surface area contributed by atoms with Gasteiger partial charge >= 0.3 is 0 Å². The minimum atomic E-state index is -0.606. The molecule has 0 bridgehead atoms. The third kappa shape index (κ3) is 7.32. The van der Waals surface area contributed by atoms with Gasteiger partial charge in [-0.25, -0.2) is 0 Å². The number of nitro groups is 1. The van der Waals surface area contributed by atoms with Crippen LogP contribution in [0, 0.1) is 10.1 Å². The molecule has 10 nitrogen and oxygen atoms in total. The number of carbonyl (C=O) groups excluding carboxylic acids is 2. The molecule has 1 aliphatic rings. The van der Waals surface area contributed by atoms with E-state index in [2.05, 4.69) is 22.3 Å². The van der Waals surface area contributed by atoms with Crippen molar-refractivity contribution in [3.8, 4) is 0 Å². The van der Waals surface area contributed by atoms with Gasteiger partial charge in [-0.1, -0.05) is 42.5 Å². The minimum Gasteiger partial charge on any atom is -0.375 e. The Kier molecular flexibility index (Phi) is 9.71. The molecule has 10 heteroatoms. The predicted molar refractivity (Wildman–Crippen MR) is 131 cm³/mol. The summed E-state index contributed by atoms with van der Waals surface area (Å²) in [4.78, 5) is 40.1. The Morgan fingerprint density at radius 2 is 1.89 bits per heavy atom. The normalized spacial score (nSPS) is 17.5. The van der Waals surface area contributed by atoms with Crippen LogP contribution in [0.3, 0.4) is 0 Å². The Morgan fingerprint density at radius 1 is 1.17 bits per heavy atom. The van der Waals surface area contributed by atoms with Gasteiger partial charge in [0.05, 0.1) is 4.92 Å². The fourth-order valence-corrected chi connectivity index (χ4v) is 4.39. The molecule has 35 heavy (non-hydrogen) atoms. The monoisotopic (exact) mass is 483 g/mol. The van der Waals surface area contributed by atoms with Crippen molar-refractivity contribution in [1.29, 1.82) is 0 Å². The summed E-state index contributed by atoms with van der Waals surface area (Å²) in [5, 5.41) is 13.8. The molecular formula is C25H33N5O5. The molecule has 0 saturated carbocycles. The molecule has 0 radical (unpaired) electrons. The lowest BCUT2D eigenvalue weighted by Gasteiger charge is -2.29. The van der Waals surface area contributed by atoms with E-state index in [1.54, 1.807) is 17.0 Å². The summed E-state index contributed by atoms with van der Waals surface area (Å²) >= 11 is 0. The van der Waals surface area contributed by atoms with E-state index in [4.69, 9.17) is 10.5 Å². The second-order valence-electron chi connectivity index (χ2n) is 8.59. The number of benzene rings is 2. The zero-order valence-corrected chi connectivity index (χ0v) is 20.0. The molecule has 1 aliphatic heterocycles. The molecule has 0 aromatic heterocycles. The first kappa shape index (κ1) is 26.3. The van der Waals surface area contributed by atoms with Crippen molar-refractivity contribution in [3.63, 3.8) is 0 Å². The van der Waals surface area contributed by atoms with Gasteiger partial charge in [0.1, 0.15) is 12.6 Å². The SMILES string of the molecule is COCC(=O)N1CC(N(CCc2ccccc2)Cc2ccc([N+](=O)[O-])cc2)CC1C(=O)NCCN. The van der Waals surface area contributed by atoms with Crippen LogP contribution in [-0.4, -0.2) is 78.5 Å². The largest absolute Gasteiger partial charge is 0.375 e. The minimum absolute atomic E-state index is 0.0402. The average molecular weight is 484 g/mol. The second kappa shape index (κ2) is 12.9. The van der Waals surface area contributed by atoms with Crippen LogP contribution in [0.5, 0.6) is 0 Å². The van der Waals surface area contributed by atoms with Gasteiger partial charge < -0.3 is 20.7 Å². The first-order valence-corrected chi connectivity index (χ1v) is 11.7. The van der Waals surface area contributed by atoms with Crippen molar-refractivity contribution in [2.24, 2.45) is 5.73 Å². The van der Waals surface area contributed by atoms with Crippen molar-refractivity contribution in [2.75, 3.05) is 39.9 Å². The number of nitro benzene ring substituents is 1. The Bertz CT molecular complexity index is 986. The number of carbonyl (C=O) groups is 2. The third-order valence-electron chi connectivity index (χ3n) is 6.19. The topological polar surface area (TPSA) is 131 Å². The van der Waals surface area contributed by atoms with E-state index in [0.29, 0.717) is 39.1 Å². The van der Waals surface area contributed by atoms with Gasteiger partial charge in [-0.3, -0.25) is 24.6 Å². The molecule has 1 saturated heterocycles. The molecule has 1 fully saturated rings. The number of nitrogens with two attached hydrogens (primary N) is 1. The zero-order chi connectivity index (χ0) is 25.2. The molecule has 2 aromatic carbocycles. The van der Waals surface area contributed by atoms with Crippen molar-refractivity contribution in [2.45, 2.75) is 31.5 Å². The number of amides is 2. The molecular weight excluding hydrogens is 450 g/mol. The highest BCUT2D eigenvalue weighted by Crippen LogP contribution is 2.25. The van der Waals surface area contributed by atoms with Crippen LogP contribution >= 0.6 is 0 Å². The molecule has 2 atom stereocenters. The quantitative estimate of drug-likeness (QED) is 0.344. The highest BCUT2D eigenvalue weighted by molar-refractivity contribution is 5.88. The van der Waals surface area contributed by atoms with Crippen LogP contribution in [0.2, 0.25) is 0 Å². The molecule has 2 unspecified atom stereocenters. The Hall–Kier alpha value is -3.34.